The Kier molecular flexibility index (Phi) is 11.8. The Bertz CT molecular complexity index is 2450. The van der Waals surface area contributed by atoms with Gasteiger partial charge in [-0.1, -0.05) is 76.2 Å². The number of fused-ring (bicyclic) bond motifs is 1. The minimum atomic E-state index is -0.739. The summed E-state index contributed by atoms with van der Waals surface area (Å²) in [6.45, 7) is 9.21. The SMILES string of the molecule is COC(=O)N[C@H](C(=O)N1C[C@@H](CN)C[C@H]1c1ncc(-c2ccc(-c3ccc4cc(-c5cnc([C@@H]6CC7(CC7)CN6C(=O)[C@@H](NC(=O)OC)C(C)C)[nH]5)ccc4c3)cc2)[nH]1)C(C)C. The van der Waals surface area contributed by atoms with E-state index in [1.165, 1.54) is 14.2 Å². The molecule has 5 aromatic rings. The lowest BCUT2D eigenvalue weighted by molar-refractivity contribution is -0.136. The minimum Gasteiger partial charge on any atom is -0.453 e. The van der Waals surface area contributed by atoms with Gasteiger partial charge < -0.3 is 45.6 Å². The van der Waals surface area contributed by atoms with Gasteiger partial charge >= 0.3 is 12.2 Å². The molecule has 15 heteroatoms. The van der Waals surface area contributed by atoms with Crippen LogP contribution in [0.3, 0.4) is 0 Å². The van der Waals surface area contributed by atoms with E-state index in [1.807, 2.05) is 38.8 Å². The summed E-state index contributed by atoms with van der Waals surface area (Å²) >= 11 is 0. The van der Waals surface area contributed by atoms with Crippen molar-refractivity contribution >= 4 is 34.8 Å². The number of carbonyl (C=O) groups is 4. The van der Waals surface area contributed by atoms with Crippen molar-refractivity contribution in [3.63, 3.8) is 0 Å². The zero-order valence-electron chi connectivity index (χ0n) is 36.2. The number of nitrogens with zero attached hydrogens (tertiary/aromatic N) is 4. The molecule has 2 aromatic heterocycles. The minimum absolute atomic E-state index is 0.109. The molecule has 0 bridgehead atoms. The van der Waals surface area contributed by atoms with Crippen molar-refractivity contribution in [2.24, 2.45) is 28.9 Å². The molecule has 1 spiro atoms. The standard InChI is InChI=1S/C47H57N9O6/c1-26(2)39(53-45(59)61-5)43(57)55-24-28(21-48)17-37(55)41-49-22-35(51-41)30-9-7-29(8-10-30)31-11-12-33-19-34(14-13-32(33)18-31)36-23-50-42(52-36)38-20-47(15-16-47)25-56(38)44(58)40(27(3)4)54-46(60)62-6/h7-14,18-19,22-23,26-28,37-40H,15-17,20-21,24-25,48H2,1-6H3,(H,49,51)(H,50,52)(H,53,59)(H,54,60)/t28-,37+,38+,39+,40+/m1/s1. The summed E-state index contributed by atoms with van der Waals surface area (Å²) in [5.41, 5.74) is 12.0. The highest BCUT2D eigenvalue weighted by molar-refractivity contribution is 5.91. The maximum absolute atomic E-state index is 13.9. The topological polar surface area (TPSA) is 201 Å². The highest BCUT2D eigenvalue weighted by atomic mass is 16.5. The number of hydrogen-bond donors (Lipinski definition) is 5. The highest BCUT2D eigenvalue weighted by Gasteiger charge is 2.55. The average Bonchev–Trinajstić information content (AvgIpc) is 3.78. The van der Waals surface area contributed by atoms with E-state index in [0.29, 0.717) is 31.9 Å². The van der Waals surface area contributed by atoms with Gasteiger partial charge in [-0.15, -0.1) is 0 Å². The molecule has 2 aliphatic heterocycles. The van der Waals surface area contributed by atoms with Gasteiger partial charge in [0.15, 0.2) is 0 Å². The summed E-state index contributed by atoms with van der Waals surface area (Å²) in [4.78, 5) is 72.1. The lowest BCUT2D eigenvalue weighted by Gasteiger charge is -2.30. The van der Waals surface area contributed by atoms with E-state index in [4.69, 9.17) is 25.2 Å². The van der Waals surface area contributed by atoms with E-state index < -0.39 is 24.3 Å². The van der Waals surface area contributed by atoms with Crippen LogP contribution in [-0.4, -0.2) is 99.7 Å². The highest BCUT2D eigenvalue weighted by Crippen LogP contribution is 2.58. The molecule has 326 valence electrons. The van der Waals surface area contributed by atoms with Gasteiger partial charge in [-0.2, -0.15) is 0 Å². The molecule has 4 heterocycles. The number of aromatic amines is 2. The number of benzene rings is 3. The molecule has 3 aromatic carbocycles. The Morgan fingerprint density at radius 1 is 0.726 bits per heavy atom. The molecule has 15 nitrogen and oxygen atoms in total. The molecule has 6 N–H and O–H groups in total. The Labute approximate surface area is 361 Å². The molecule has 3 fully saturated rings. The van der Waals surface area contributed by atoms with Crippen LogP contribution < -0.4 is 16.4 Å². The van der Waals surface area contributed by atoms with Gasteiger partial charge in [0, 0.05) is 18.7 Å². The maximum Gasteiger partial charge on any atom is 0.407 e. The summed E-state index contributed by atoms with van der Waals surface area (Å²) in [6.07, 6.45) is 6.06. The number of amides is 4. The Morgan fingerprint density at radius 2 is 1.23 bits per heavy atom. The normalized spacial score (nSPS) is 20.2. The third-order valence-corrected chi connectivity index (χ3v) is 13.0. The van der Waals surface area contributed by atoms with Crippen LogP contribution in [0.1, 0.15) is 77.1 Å². The van der Waals surface area contributed by atoms with Gasteiger partial charge in [-0.25, -0.2) is 19.6 Å². The number of H-pyrrole nitrogens is 2. The van der Waals surface area contributed by atoms with Crippen LogP contribution in [0.4, 0.5) is 9.59 Å². The number of imidazole rings is 2. The van der Waals surface area contributed by atoms with Gasteiger partial charge in [0.05, 0.1) is 50.1 Å². The Morgan fingerprint density at radius 3 is 1.77 bits per heavy atom. The fourth-order valence-corrected chi connectivity index (χ4v) is 9.16. The van der Waals surface area contributed by atoms with E-state index in [1.54, 1.807) is 11.1 Å². The summed E-state index contributed by atoms with van der Waals surface area (Å²) in [7, 11) is 2.59. The van der Waals surface area contributed by atoms with Crippen molar-refractivity contribution in [1.82, 2.24) is 40.4 Å². The number of aromatic nitrogens is 4. The number of nitrogens with two attached hydrogens (primary N) is 1. The zero-order chi connectivity index (χ0) is 43.9. The first-order valence-electron chi connectivity index (χ1n) is 21.5. The lowest BCUT2D eigenvalue weighted by atomic mass is 9.98. The van der Waals surface area contributed by atoms with E-state index in [9.17, 15) is 19.2 Å². The fraction of sp³-hybridized carbons (Fsp3) is 0.447. The van der Waals surface area contributed by atoms with Gasteiger partial charge in [0.2, 0.25) is 11.8 Å². The first-order chi connectivity index (χ1) is 29.8. The molecule has 0 radical (unpaired) electrons. The number of carbonyl (C=O) groups excluding carboxylic acids is 4. The van der Waals surface area contributed by atoms with Gasteiger partial charge in [0.1, 0.15) is 23.7 Å². The quantitative estimate of drug-likeness (QED) is 0.0882. The molecule has 5 atom stereocenters. The van der Waals surface area contributed by atoms with Crippen LogP contribution in [-0.2, 0) is 19.1 Å². The fourth-order valence-electron chi connectivity index (χ4n) is 9.16. The van der Waals surface area contributed by atoms with Crippen molar-refractivity contribution in [1.29, 1.82) is 0 Å². The molecule has 2 saturated heterocycles. The number of rotatable bonds is 12. The molecule has 4 amide bonds. The van der Waals surface area contributed by atoms with Gasteiger partial charge in [-0.05, 0) is 95.0 Å². The predicted molar refractivity (Wildman–Crippen MR) is 235 cm³/mol. The van der Waals surface area contributed by atoms with Crippen LogP contribution in [0.5, 0.6) is 0 Å². The third kappa shape index (κ3) is 8.50. The number of nitrogens with one attached hydrogen (secondary N) is 4. The van der Waals surface area contributed by atoms with E-state index in [0.717, 1.165) is 69.5 Å². The van der Waals surface area contributed by atoms with Crippen LogP contribution in [0.15, 0.2) is 73.1 Å². The van der Waals surface area contributed by atoms with Gasteiger partial charge in [-0.3, -0.25) is 9.59 Å². The van der Waals surface area contributed by atoms with Crippen LogP contribution in [0, 0.1) is 23.2 Å². The molecular formula is C47H57N9O6. The van der Waals surface area contributed by atoms with Crippen molar-refractivity contribution in [3.8, 4) is 33.6 Å². The summed E-state index contributed by atoms with van der Waals surface area (Å²) < 4.78 is 9.61. The second kappa shape index (κ2) is 17.3. The first-order valence-corrected chi connectivity index (χ1v) is 21.5. The van der Waals surface area contributed by atoms with Crippen LogP contribution >= 0.6 is 0 Å². The number of methoxy groups -OCH3 is 2. The van der Waals surface area contributed by atoms with Crippen molar-refractivity contribution < 1.29 is 28.7 Å². The number of alkyl carbamates (subject to hydrolysis) is 2. The van der Waals surface area contributed by atoms with Crippen molar-refractivity contribution in [2.75, 3.05) is 33.9 Å². The number of ether oxygens (including phenoxy) is 2. The van der Waals surface area contributed by atoms with E-state index in [-0.39, 0.29) is 47.1 Å². The molecule has 1 saturated carbocycles. The van der Waals surface area contributed by atoms with Crippen LogP contribution in [0.25, 0.3) is 44.4 Å². The monoisotopic (exact) mass is 843 g/mol. The first kappa shape index (κ1) is 42.5. The second-order valence-corrected chi connectivity index (χ2v) is 18.0. The van der Waals surface area contributed by atoms with Crippen molar-refractivity contribution in [3.05, 3.63) is 84.7 Å². The molecule has 8 rings (SSSR count). The van der Waals surface area contributed by atoms with E-state index in [2.05, 4.69) is 81.3 Å². The summed E-state index contributed by atoms with van der Waals surface area (Å²) in [5, 5.41) is 7.64. The van der Waals surface area contributed by atoms with E-state index >= 15 is 0 Å². The molecule has 1 aliphatic carbocycles. The number of hydrogen-bond acceptors (Lipinski definition) is 9. The smallest absolute Gasteiger partial charge is 0.407 e. The molecule has 0 unspecified atom stereocenters. The Hall–Kier alpha value is -6.22. The molecule has 62 heavy (non-hydrogen) atoms. The zero-order valence-corrected chi connectivity index (χ0v) is 36.2. The second-order valence-electron chi connectivity index (χ2n) is 18.0. The van der Waals surface area contributed by atoms with Gasteiger partial charge in [0.25, 0.3) is 0 Å². The molecule has 3 aliphatic rings. The average molecular weight is 844 g/mol. The summed E-state index contributed by atoms with van der Waals surface area (Å²) in [5.74, 6) is 0.995. The molecular weight excluding hydrogens is 787 g/mol. The lowest BCUT2D eigenvalue weighted by Crippen LogP contribution is -2.51. The maximum atomic E-state index is 13.9. The van der Waals surface area contributed by atoms with Crippen molar-refractivity contribution in [2.45, 2.75) is 77.5 Å². The Balaban J connectivity index is 0.961. The van der Waals surface area contributed by atoms with Crippen LogP contribution in [0.2, 0.25) is 0 Å². The summed E-state index contributed by atoms with van der Waals surface area (Å²) in [6, 6.07) is 19.2. The largest absolute Gasteiger partial charge is 0.453 e. The number of likely N-dealkylation sites (tertiary alicyclic amines) is 2. The third-order valence-electron chi connectivity index (χ3n) is 13.0. The predicted octanol–water partition coefficient (Wildman–Crippen LogP) is 6.95.